The molecule has 2 N–H and O–H groups in total. The van der Waals surface area contributed by atoms with E-state index >= 15 is 0 Å². The maximum atomic E-state index is 12.8. The van der Waals surface area contributed by atoms with Gasteiger partial charge in [0.15, 0.2) is 0 Å². The number of hydrogen-bond acceptors (Lipinski definition) is 4. The third kappa shape index (κ3) is 11.6. The Bertz CT molecular complexity index is 1060. The molecule has 2 aliphatic heterocycles. The summed E-state index contributed by atoms with van der Waals surface area (Å²) >= 11 is 0. The zero-order valence-corrected chi connectivity index (χ0v) is 23.3. The number of carbonyl (C=O) groups excluding carboxylic acids is 1. The van der Waals surface area contributed by atoms with E-state index in [1.807, 2.05) is 13.0 Å². The minimum absolute atomic E-state index is 0.00882. The largest absolute Gasteiger partial charge is 0.416 e. The van der Waals surface area contributed by atoms with Gasteiger partial charge in [0, 0.05) is 38.8 Å². The van der Waals surface area contributed by atoms with Gasteiger partial charge in [0.05, 0.1) is 23.8 Å². The molecule has 2 fully saturated rings. The van der Waals surface area contributed by atoms with Gasteiger partial charge in [0.2, 0.25) is 5.91 Å². The predicted octanol–water partition coefficient (Wildman–Crippen LogP) is 6.90. The summed E-state index contributed by atoms with van der Waals surface area (Å²) in [5.41, 5.74) is 3.63. The Labute approximate surface area is 235 Å². The summed E-state index contributed by atoms with van der Waals surface area (Å²) in [6.45, 7) is 4.69. The molecule has 0 bridgehead atoms. The first-order chi connectivity index (χ1) is 19.1. The molecule has 12 heteroatoms. The molecule has 5 nitrogen and oxygen atoms in total. The molecular weight excluding hydrogens is 557 g/mol. The van der Waals surface area contributed by atoms with Crippen molar-refractivity contribution in [2.24, 2.45) is 5.73 Å². The minimum atomic E-state index is -4.88. The first-order valence-corrected chi connectivity index (χ1v) is 13.3. The molecule has 0 aromatic heterocycles. The van der Waals surface area contributed by atoms with Crippen molar-refractivity contribution < 1.29 is 45.0 Å². The number of nitrogens with zero attached hydrogens (tertiary/aromatic N) is 1. The van der Waals surface area contributed by atoms with Gasteiger partial charge < -0.3 is 20.1 Å². The van der Waals surface area contributed by atoms with Crippen LogP contribution in [0.2, 0.25) is 0 Å². The van der Waals surface area contributed by atoms with Gasteiger partial charge in [-0.25, -0.2) is 4.39 Å². The molecule has 2 aromatic rings. The Balaban J connectivity index is 0.000000300. The van der Waals surface area contributed by atoms with Crippen molar-refractivity contribution in [3.63, 3.8) is 0 Å². The average molecular weight is 595 g/mol. The number of halogens is 7. The number of amides is 1. The Morgan fingerprint density at radius 2 is 1.68 bits per heavy atom. The van der Waals surface area contributed by atoms with Gasteiger partial charge in [-0.05, 0) is 74.1 Å². The van der Waals surface area contributed by atoms with E-state index in [1.54, 1.807) is 18.1 Å². The van der Waals surface area contributed by atoms with Crippen LogP contribution in [0.1, 0.15) is 61.3 Å². The molecule has 0 saturated carbocycles. The molecule has 1 amide bonds. The van der Waals surface area contributed by atoms with Gasteiger partial charge in [-0.3, -0.25) is 4.79 Å². The summed E-state index contributed by atoms with van der Waals surface area (Å²) in [6.07, 6.45) is -6.37. The lowest BCUT2D eigenvalue weighted by atomic mass is 10.0. The van der Waals surface area contributed by atoms with Crippen LogP contribution in [0.4, 0.5) is 30.7 Å². The van der Waals surface area contributed by atoms with Crippen molar-refractivity contribution >= 4 is 5.91 Å². The van der Waals surface area contributed by atoms with Crippen molar-refractivity contribution in [1.82, 2.24) is 4.90 Å². The van der Waals surface area contributed by atoms with Crippen LogP contribution in [-0.2, 0) is 33.2 Å². The SMILES string of the molecule is CCC(N)CCOC.Cc1cccc(F)c1.O=C1CCC2CC(OCc3cc(C(F)(F)F)cc(C(F)(F)F)c3)CN12. The third-order valence-corrected chi connectivity index (χ3v) is 6.72. The number of alkyl halides is 6. The number of methoxy groups -OCH3 is 1. The highest BCUT2D eigenvalue weighted by Crippen LogP contribution is 2.37. The van der Waals surface area contributed by atoms with E-state index in [4.69, 9.17) is 15.2 Å². The fourth-order valence-electron chi connectivity index (χ4n) is 4.40. The van der Waals surface area contributed by atoms with E-state index in [2.05, 4.69) is 6.92 Å². The number of ether oxygens (including phenoxy) is 2. The molecule has 2 saturated heterocycles. The summed E-state index contributed by atoms with van der Waals surface area (Å²) in [6, 6.07) is 8.31. The van der Waals surface area contributed by atoms with Gasteiger partial charge in [-0.1, -0.05) is 19.1 Å². The van der Waals surface area contributed by atoms with Crippen LogP contribution in [0.15, 0.2) is 42.5 Å². The molecule has 230 valence electrons. The molecule has 3 atom stereocenters. The van der Waals surface area contributed by atoms with Crippen LogP contribution in [-0.4, -0.2) is 49.3 Å². The van der Waals surface area contributed by atoms with Crippen molar-refractivity contribution in [2.75, 3.05) is 20.3 Å². The van der Waals surface area contributed by atoms with Crippen LogP contribution >= 0.6 is 0 Å². The van der Waals surface area contributed by atoms with Crippen molar-refractivity contribution in [1.29, 1.82) is 0 Å². The van der Waals surface area contributed by atoms with Gasteiger partial charge in [-0.15, -0.1) is 0 Å². The molecule has 3 unspecified atom stereocenters. The Kier molecular flexibility index (Phi) is 13.0. The molecule has 41 heavy (non-hydrogen) atoms. The van der Waals surface area contributed by atoms with Crippen molar-refractivity contribution in [3.8, 4) is 0 Å². The van der Waals surface area contributed by atoms with Gasteiger partial charge >= 0.3 is 12.4 Å². The number of fused-ring (bicyclic) bond motifs is 1. The molecule has 0 aliphatic carbocycles. The zero-order chi connectivity index (χ0) is 30.8. The number of nitrogens with two attached hydrogens (primary N) is 1. The van der Waals surface area contributed by atoms with E-state index in [9.17, 15) is 35.5 Å². The number of benzene rings is 2. The maximum Gasteiger partial charge on any atom is 0.416 e. The van der Waals surface area contributed by atoms with E-state index in [-0.39, 0.29) is 42.1 Å². The number of hydrogen-bond donors (Lipinski definition) is 1. The summed E-state index contributed by atoms with van der Waals surface area (Å²) in [7, 11) is 1.70. The minimum Gasteiger partial charge on any atom is -0.385 e. The lowest BCUT2D eigenvalue weighted by molar-refractivity contribution is -0.143. The van der Waals surface area contributed by atoms with Gasteiger partial charge in [-0.2, -0.15) is 26.3 Å². The molecule has 0 spiro atoms. The lowest BCUT2D eigenvalue weighted by Crippen LogP contribution is -2.28. The van der Waals surface area contributed by atoms with E-state index in [0.717, 1.165) is 25.0 Å². The number of rotatable bonds is 7. The topological polar surface area (TPSA) is 64.8 Å². The van der Waals surface area contributed by atoms with E-state index in [0.29, 0.717) is 44.0 Å². The fraction of sp³-hybridized carbons (Fsp3) is 0.552. The van der Waals surface area contributed by atoms with Crippen LogP contribution < -0.4 is 5.73 Å². The second-order valence-electron chi connectivity index (χ2n) is 10.1. The predicted molar refractivity (Wildman–Crippen MR) is 140 cm³/mol. The van der Waals surface area contributed by atoms with E-state index < -0.39 is 23.5 Å². The van der Waals surface area contributed by atoms with Crippen molar-refractivity contribution in [3.05, 3.63) is 70.5 Å². The standard InChI is InChI=1S/C16H15F6NO2.C7H7F.C6H15NO/c17-15(18,19)10-3-9(4-11(5-10)16(20,21)22)8-25-13-6-12-1-2-14(24)23(12)7-13;1-6-3-2-4-7(8)5-6;1-3-6(7)4-5-8-2/h3-5,12-13H,1-2,6-8H2;2-5H,1H3;6H,3-5,7H2,1-2H3. The molecule has 2 aliphatic rings. The highest BCUT2D eigenvalue weighted by Gasteiger charge is 2.40. The highest BCUT2D eigenvalue weighted by molar-refractivity contribution is 5.79. The first kappa shape index (κ1) is 34.5. The Morgan fingerprint density at radius 1 is 1.05 bits per heavy atom. The summed E-state index contributed by atoms with van der Waals surface area (Å²) in [5, 5.41) is 0. The Morgan fingerprint density at radius 3 is 2.15 bits per heavy atom. The summed E-state index contributed by atoms with van der Waals surface area (Å²) in [4.78, 5) is 13.3. The van der Waals surface area contributed by atoms with Crippen LogP contribution in [0.5, 0.6) is 0 Å². The molecule has 2 heterocycles. The quantitative estimate of drug-likeness (QED) is 0.355. The van der Waals surface area contributed by atoms with E-state index in [1.165, 1.54) is 12.1 Å². The van der Waals surface area contributed by atoms with Crippen LogP contribution in [0.25, 0.3) is 0 Å². The monoisotopic (exact) mass is 594 g/mol. The average Bonchev–Trinajstić information content (AvgIpc) is 3.46. The fourth-order valence-corrected chi connectivity index (χ4v) is 4.40. The zero-order valence-electron chi connectivity index (χ0n) is 23.3. The third-order valence-electron chi connectivity index (χ3n) is 6.72. The molecule has 0 radical (unpaired) electrons. The van der Waals surface area contributed by atoms with Gasteiger partial charge in [0.1, 0.15) is 5.82 Å². The van der Waals surface area contributed by atoms with Crippen LogP contribution in [0, 0.1) is 12.7 Å². The summed E-state index contributed by atoms with van der Waals surface area (Å²) < 4.78 is 99.4. The number of carbonyl (C=O) groups is 1. The number of aryl methyl sites for hydroxylation is 1. The normalized spacial score (nSPS) is 19.2. The maximum absolute atomic E-state index is 12.8. The van der Waals surface area contributed by atoms with Gasteiger partial charge in [0.25, 0.3) is 0 Å². The molecule has 2 aromatic carbocycles. The second kappa shape index (κ2) is 15.5. The lowest BCUT2D eigenvalue weighted by Gasteiger charge is -2.17. The second-order valence-corrected chi connectivity index (χ2v) is 10.1. The summed E-state index contributed by atoms with van der Waals surface area (Å²) in [5.74, 6) is -0.153. The Hall–Kier alpha value is -2.70. The smallest absolute Gasteiger partial charge is 0.385 e. The first-order valence-electron chi connectivity index (χ1n) is 13.3. The van der Waals surface area contributed by atoms with Crippen LogP contribution in [0.3, 0.4) is 0 Å². The van der Waals surface area contributed by atoms with Crippen molar-refractivity contribution in [2.45, 2.75) is 83.1 Å². The molecular formula is C29H37F7N2O3. The molecule has 4 rings (SSSR count). The highest BCUT2D eigenvalue weighted by atomic mass is 19.4.